The first kappa shape index (κ1) is 14.6. The number of rotatable bonds is 2. The van der Waals surface area contributed by atoms with Gasteiger partial charge in [0.2, 0.25) is 5.91 Å². The van der Waals surface area contributed by atoms with Crippen LogP contribution in [0.4, 0.5) is 4.79 Å². The zero-order valence-corrected chi connectivity index (χ0v) is 11.4. The van der Waals surface area contributed by atoms with E-state index in [4.69, 9.17) is 4.74 Å². The van der Waals surface area contributed by atoms with E-state index in [1.54, 1.807) is 0 Å². The molecule has 2 rings (SSSR count). The summed E-state index contributed by atoms with van der Waals surface area (Å²) < 4.78 is 5.16. The summed E-state index contributed by atoms with van der Waals surface area (Å²) in [6, 6.07) is -1.20. The standard InChI is InChI=1S/C12H19N3O5/c1-20-8-6-9(11(17)18)15(7-8)12(19)14-4-2-10(16)13-3-5-14/h8-9H,2-7H2,1H3,(H,13,16)(H,17,18). The van der Waals surface area contributed by atoms with Gasteiger partial charge in [-0.3, -0.25) is 4.79 Å². The molecule has 112 valence electrons. The summed E-state index contributed by atoms with van der Waals surface area (Å²) in [6.07, 6.45) is 0.278. The van der Waals surface area contributed by atoms with Gasteiger partial charge in [-0.15, -0.1) is 0 Å². The van der Waals surface area contributed by atoms with Crippen LogP contribution in [0.1, 0.15) is 12.8 Å². The number of aliphatic carboxylic acids is 1. The average molecular weight is 285 g/mol. The Hall–Kier alpha value is -1.83. The third kappa shape index (κ3) is 3.01. The summed E-state index contributed by atoms with van der Waals surface area (Å²) >= 11 is 0. The van der Waals surface area contributed by atoms with Gasteiger partial charge in [0.1, 0.15) is 6.04 Å². The van der Waals surface area contributed by atoms with E-state index in [0.717, 1.165) is 0 Å². The molecule has 3 amide bonds. The summed E-state index contributed by atoms with van der Waals surface area (Å²) in [4.78, 5) is 37.8. The highest BCUT2D eigenvalue weighted by molar-refractivity contribution is 5.84. The van der Waals surface area contributed by atoms with Crippen LogP contribution in [0.5, 0.6) is 0 Å². The lowest BCUT2D eigenvalue weighted by Crippen LogP contribution is -2.49. The maximum Gasteiger partial charge on any atom is 0.326 e. The third-order valence-electron chi connectivity index (χ3n) is 3.71. The Labute approximate surface area is 116 Å². The first-order chi connectivity index (χ1) is 9.52. The second kappa shape index (κ2) is 6.08. The van der Waals surface area contributed by atoms with Crippen molar-refractivity contribution in [1.82, 2.24) is 15.1 Å². The maximum atomic E-state index is 12.4. The number of methoxy groups -OCH3 is 1. The molecule has 20 heavy (non-hydrogen) atoms. The predicted octanol–water partition coefficient (Wildman–Crippen LogP) is -0.898. The van der Waals surface area contributed by atoms with Gasteiger partial charge < -0.3 is 25.0 Å². The molecule has 0 saturated carbocycles. The molecule has 2 unspecified atom stereocenters. The molecule has 2 N–H and O–H groups in total. The number of urea groups is 1. The monoisotopic (exact) mass is 285 g/mol. The van der Waals surface area contributed by atoms with Gasteiger partial charge in [-0.25, -0.2) is 9.59 Å². The zero-order chi connectivity index (χ0) is 14.7. The van der Waals surface area contributed by atoms with E-state index in [0.29, 0.717) is 26.1 Å². The lowest BCUT2D eigenvalue weighted by molar-refractivity contribution is -0.141. The minimum atomic E-state index is -1.03. The fourth-order valence-corrected chi connectivity index (χ4v) is 2.55. The van der Waals surface area contributed by atoms with Crippen molar-refractivity contribution in [3.05, 3.63) is 0 Å². The molecule has 0 spiro atoms. The molecule has 2 saturated heterocycles. The molecule has 8 nitrogen and oxygen atoms in total. The van der Waals surface area contributed by atoms with E-state index in [-0.39, 0.29) is 31.0 Å². The van der Waals surface area contributed by atoms with E-state index in [9.17, 15) is 19.5 Å². The van der Waals surface area contributed by atoms with Crippen molar-refractivity contribution >= 4 is 17.9 Å². The molecule has 0 aromatic carbocycles. The van der Waals surface area contributed by atoms with Gasteiger partial charge in [-0.1, -0.05) is 0 Å². The topological polar surface area (TPSA) is 99.2 Å². The van der Waals surface area contributed by atoms with E-state index in [1.807, 2.05) is 0 Å². The molecule has 0 aliphatic carbocycles. The van der Waals surface area contributed by atoms with Crippen LogP contribution >= 0.6 is 0 Å². The number of carboxylic acids is 1. The van der Waals surface area contributed by atoms with Crippen molar-refractivity contribution in [3.8, 4) is 0 Å². The molecule has 2 aliphatic rings. The molecule has 0 aromatic heterocycles. The molecule has 2 heterocycles. The fourth-order valence-electron chi connectivity index (χ4n) is 2.55. The Balaban J connectivity index is 2.06. The van der Waals surface area contributed by atoms with E-state index < -0.39 is 12.0 Å². The minimum Gasteiger partial charge on any atom is -0.480 e. The first-order valence-corrected chi connectivity index (χ1v) is 6.60. The molecular formula is C12H19N3O5. The van der Waals surface area contributed by atoms with E-state index in [2.05, 4.69) is 5.32 Å². The van der Waals surface area contributed by atoms with Crippen LogP contribution in [0.15, 0.2) is 0 Å². The van der Waals surface area contributed by atoms with Gasteiger partial charge in [0, 0.05) is 46.1 Å². The lowest BCUT2D eigenvalue weighted by Gasteiger charge is -2.28. The van der Waals surface area contributed by atoms with Crippen LogP contribution in [0, 0.1) is 0 Å². The number of hydrogen-bond acceptors (Lipinski definition) is 4. The van der Waals surface area contributed by atoms with Crippen LogP contribution < -0.4 is 5.32 Å². The SMILES string of the molecule is COC1CC(C(=O)O)N(C(=O)N2CCNC(=O)CC2)C1. The number of nitrogens with zero attached hydrogens (tertiary/aromatic N) is 2. The Bertz CT molecular complexity index is 414. The summed E-state index contributed by atoms with van der Waals surface area (Å²) in [5.74, 6) is -1.12. The number of amides is 3. The summed E-state index contributed by atoms with van der Waals surface area (Å²) in [7, 11) is 1.51. The van der Waals surface area contributed by atoms with Crippen molar-refractivity contribution < 1.29 is 24.2 Å². The van der Waals surface area contributed by atoms with Crippen molar-refractivity contribution in [3.63, 3.8) is 0 Å². The molecule has 2 fully saturated rings. The van der Waals surface area contributed by atoms with Gasteiger partial charge in [-0.2, -0.15) is 0 Å². The Kier molecular flexibility index (Phi) is 4.43. The molecule has 0 aromatic rings. The number of carboxylic acid groups (broad SMARTS) is 1. The van der Waals surface area contributed by atoms with E-state index >= 15 is 0 Å². The largest absolute Gasteiger partial charge is 0.480 e. The smallest absolute Gasteiger partial charge is 0.326 e. The van der Waals surface area contributed by atoms with Crippen molar-refractivity contribution in [2.75, 3.05) is 33.3 Å². The predicted molar refractivity (Wildman–Crippen MR) is 68.1 cm³/mol. The molecule has 2 atom stereocenters. The maximum absolute atomic E-state index is 12.4. The minimum absolute atomic E-state index is 0.0914. The van der Waals surface area contributed by atoms with Crippen LogP contribution in [0.25, 0.3) is 0 Å². The highest BCUT2D eigenvalue weighted by atomic mass is 16.5. The molecular weight excluding hydrogens is 266 g/mol. The normalized spacial score (nSPS) is 27.1. The number of carbonyl (C=O) groups is 3. The fraction of sp³-hybridized carbons (Fsp3) is 0.750. The lowest BCUT2D eigenvalue weighted by atomic mass is 10.2. The number of nitrogens with one attached hydrogen (secondary N) is 1. The molecule has 0 bridgehead atoms. The third-order valence-corrected chi connectivity index (χ3v) is 3.71. The van der Waals surface area contributed by atoms with Crippen molar-refractivity contribution in [2.24, 2.45) is 0 Å². The summed E-state index contributed by atoms with van der Waals surface area (Å²) in [5.41, 5.74) is 0. The Morgan fingerprint density at radius 3 is 2.80 bits per heavy atom. The summed E-state index contributed by atoms with van der Waals surface area (Å²) in [6.45, 7) is 1.37. The van der Waals surface area contributed by atoms with Crippen molar-refractivity contribution in [1.29, 1.82) is 0 Å². The molecule has 2 aliphatic heterocycles. The number of hydrogen-bond donors (Lipinski definition) is 2. The Morgan fingerprint density at radius 2 is 2.15 bits per heavy atom. The van der Waals surface area contributed by atoms with Crippen LogP contribution in [0.3, 0.4) is 0 Å². The highest BCUT2D eigenvalue weighted by Gasteiger charge is 2.41. The summed E-state index contributed by atoms with van der Waals surface area (Å²) in [5, 5.41) is 11.9. The first-order valence-electron chi connectivity index (χ1n) is 6.60. The van der Waals surface area contributed by atoms with Crippen LogP contribution in [-0.4, -0.2) is 78.2 Å². The van der Waals surface area contributed by atoms with Gasteiger partial charge in [0.25, 0.3) is 0 Å². The van der Waals surface area contributed by atoms with Gasteiger partial charge in [0.05, 0.1) is 6.10 Å². The number of likely N-dealkylation sites (tertiary alicyclic amines) is 1. The molecule has 0 radical (unpaired) electrons. The molecule has 8 heteroatoms. The van der Waals surface area contributed by atoms with Gasteiger partial charge in [-0.05, 0) is 0 Å². The second-order valence-electron chi connectivity index (χ2n) is 4.97. The van der Waals surface area contributed by atoms with Crippen molar-refractivity contribution in [2.45, 2.75) is 25.0 Å². The van der Waals surface area contributed by atoms with Gasteiger partial charge in [0.15, 0.2) is 0 Å². The average Bonchev–Trinajstić information content (AvgIpc) is 2.75. The van der Waals surface area contributed by atoms with Crippen LogP contribution in [0.2, 0.25) is 0 Å². The van der Waals surface area contributed by atoms with E-state index in [1.165, 1.54) is 16.9 Å². The Morgan fingerprint density at radius 1 is 1.40 bits per heavy atom. The number of ether oxygens (including phenoxy) is 1. The quantitative estimate of drug-likeness (QED) is 0.685. The highest BCUT2D eigenvalue weighted by Crippen LogP contribution is 2.22. The number of carbonyl (C=O) groups excluding carboxylic acids is 2. The zero-order valence-electron chi connectivity index (χ0n) is 11.4. The second-order valence-corrected chi connectivity index (χ2v) is 4.97. The van der Waals surface area contributed by atoms with Gasteiger partial charge >= 0.3 is 12.0 Å². The van der Waals surface area contributed by atoms with Crippen LogP contribution in [-0.2, 0) is 14.3 Å².